The molecule has 1 unspecified atom stereocenters. The first kappa shape index (κ1) is 15.6. The average molecular weight is 297 g/mol. The van der Waals surface area contributed by atoms with Gasteiger partial charge in [0.05, 0.1) is 22.8 Å². The first-order chi connectivity index (χ1) is 9.40. The second kappa shape index (κ2) is 5.88. The number of rotatable bonds is 5. The van der Waals surface area contributed by atoms with Crippen molar-refractivity contribution in [1.29, 1.82) is 0 Å². The van der Waals surface area contributed by atoms with E-state index in [0.29, 0.717) is 17.2 Å². The Kier molecular flexibility index (Phi) is 4.58. The fraction of sp³-hybridized carbons (Fsp3) is 0.750. The Hall–Kier alpha value is -0.830. The maximum absolute atomic E-state index is 12.6. The molecule has 1 atom stereocenters. The van der Waals surface area contributed by atoms with Gasteiger partial charge in [0.25, 0.3) is 0 Å². The zero-order valence-corrected chi connectivity index (χ0v) is 13.8. The number of nitrogens with zero attached hydrogens (tertiary/aromatic N) is 2. The molecule has 0 aromatic carbocycles. The number of carbonyl (C=O) groups is 1. The molecule has 20 heavy (non-hydrogen) atoms. The van der Waals surface area contributed by atoms with E-state index in [0.717, 1.165) is 43.6 Å². The number of hydrogen-bond donors (Lipinski definition) is 0. The first-order valence-corrected chi connectivity index (χ1v) is 8.05. The van der Waals surface area contributed by atoms with Crippen molar-refractivity contribution in [1.82, 2.24) is 9.78 Å². The fourth-order valence-corrected chi connectivity index (χ4v) is 3.73. The van der Waals surface area contributed by atoms with E-state index >= 15 is 0 Å². The summed E-state index contributed by atoms with van der Waals surface area (Å²) < 4.78 is 1.89. The van der Waals surface area contributed by atoms with Crippen LogP contribution in [0.15, 0.2) is 0 Å². The van der Waals surface area contributed by atoms with E-state index in [1.165, 1.54) is 0 Å². The molecule has 2 rings (SSSR count). The summed E-state index contributed by atoms with van der Waals surface area (Å²) in [5.41, 5.74) is 1.94. The summed E-state index contributed by atoms with van der Waals surface area (Å²) in [5, 5.41) is 5.19. The van der Waals surface area contributed by atoms with Gasteiger partial charge in [-0.3, -0.25) is 9.48 Å². The Balaban J connectivity index is 2.21. The standard InChI is InChI=1S/C16H25ClN2O/c1-5-12-15(17)13(19(6-2)18-12)10-14(20)11-8-7-9-16(11,3)4/h11H,5-10H2,1-4H3. The van der Waals surface area contributed by atoms with Crippen molar-refractivity contribution in [3.63, 3.8) is 0 Å². The molecular weight excluding hydrogens is 272 g/mol. The molecule has 0 N–H and O–H groups in total. The Morgan fingerprint density at radius 1 is 1.45 bits per heavy atom. The van der Waals surface area contributed by atoms with Crippen molar-refractivity contribution in [2.45, 2.75) is 66.3 Å². The third kappa shape index (κ3) is 2.78. The lowest BCUT2D eigenvalue weighted by molar-refractivity contribution is -0.124. The summed E-state index contributed by atoms with van der Waals surface area (Å²) in [6, 6.07) is 0. The predicted molar refractivity (Wildman–Crippen MR) is 82.1 cm³/mol. The molecule has 3 nitrogen and oxygen atoms in total. The van der Waals surface area contributed by atoms with Crippen LogP contribution in [0.3, 0.4) is 0 Å². The number of hydrogen-bond acceptors (Lipinski definition) is 2. The molecule has 1 aliphatic rings. The monoisotopic (exact) mass is 296 g/mol. The molecule has 0 aliphatic heterocycles. The quantitative estimate of drug-likeness (QED) is 0.821. The lowest BCUT2D eigenvalue weighted by Gasteiger charge is -2.25. The molecule has 1 saturated carbocycles. The second-order valence-electron chi connectivity index (χ2n) is 6.45. The van der Waals surface area contributed by atoms with Crippen LogP contribution < -0.4 is 0 Å². The summed E-state index contributed by atoms with van der Waals surface area (Å²) in [4.78, 5) is 12.6. The number of ketones is 1. The Bertz CT molecular complexity index is 505. The SMILES string of the molecule is CCc1nn(CC)c(CC(=O)C2CCCC2(C)C)c1Cl. The maximum Gasteiger partial charge on any atom is 0.142 e. The van der Waals surface area contributed by atoms with Crippen molar-refractivity contribution < 1.29 is 4.79 Å². The summed E-state index contributed by atoms with van der Waals surface area (Å²) in [6.45, 7) is 9.25. The molecule has 0 saturated heterocycles. The number of Topliss-reactive ketones (excluding diaryl/α,β-unsaturated/α-hetero) is 1. The van der Waals surface area contributed by atoms with Crippen LogP contribution in [0.1, 0.15) is 58.3 Å². The van der Waals surface area contributed by atoms with Gasteiger partial charge in [0.1, 0.15) is 5.78 Å². The van der Waals surface area contributed by atoms with Crippen molar-refractivity contribution in [2.24, 2.45) is 11.3 Å². The largest absolute Gasteiger partial charge is 0.299 e. The highest BCUT2D eigenvalue weighted by atomic mass is 35.5. The topological polar surface area (TPSA) is 34.9 Å². The average Bonchev–Trinajstić information content (AvgIpc) is 2.90. The lowest BCUT2D eigenvalue weighted by atomic mass is 9.78. The third-order valence-electron chi connectivity index (χ3n) is 4.68. The minimum Gasteiger partial charge on any atom is -0.299 e. The predicted octanol–water partition coefficient (Wildman–Crippen LogP) is 4.06. The van der Waals surface area contributed by atoms with Crippen LogP contribution in [0, 0.1) is 11.3 Å². The zero-order chi connectivity index (χ0) is 14.9. The summed E-state index contributed by atoms with van der Waals surface area (Å²) in [5.74, 6) is 0.496. The molecule has 0 spiro atoms. The van der Waals surface area contributed by atoms with Gasteiger partial charge in [-0.1, -0.05) is 38.8 Å². The van der Waals surface area contributed by atoms with Crippen LogP contribution in [0.2, 0.25) is 5.02 Å². The fourth-order valence-electron chi connectivity index (χ4n) is 3.40. The summed E-state index contributed by atoms with van der Waals surface area (Å²) >= 11 is 6.39. The van der Waals surface area contributed by atoms with Crippen molar-refractivity contribution in [3.05, 3.63) is 16.4 Å². The van der Waals surface area contributed by atoms with Gasteiger partial charge in [0.2, 0.25) is 0 Å². The first-order valence-electron chi connectivity index (χ1n) is 7.67. The van der Waals surface area contributed by atoms with Crippen molar-refractivity contribution >= 4 is 17.4 Å². The highest BCUT2D eigenvalue weighted by molar-refractivity contribution is 6.32. The van der Waals surface area contributed by atoms with E-state index in [9.17, 15) is 4.79 Å². The molecule has 1 heterocycles. The van der Waals surface area contributed by atoms with Crippen LogP contribution in [-0.2, 0) is 24.2 Å². The van der Waals surface area contributed by atoms with Gasteiger partial charge in [-0.15, -0.1) is 0 Å². The lowest BCUT2D eigenvalue weighted by Crippen LogP contribution is -2.27. The molecule has 112 valence electrons. The molecule has 1 fully saturated rings. The number of aryl methyl sites for hydroxylation is 2. The third-order valence-corrected chi connectivity index (χ3v) is 5.12. The highest BCUT2D eigenvalue weighted by Gasteiger charge is 2.39. The van der Waals surface area contributed by atoms with Gasteiger partial charge in [0.15, 0.2) is 0 Å². The summed E-state index contributed by atoms with van der Waals surface area (Å²) in [6.07, 6.45) is 4.55. The van der Waals surface area contributed by atoms with E-state index in [1.54, 1.807) is 0 Å². The Morgan fingerprint density at radius 2 is 2.15 bits per heavy atom. The van der Waals surface area contributed by atoms with Crippen LogP contribution in [0.4, 0.5) is 0 Å². The van der Waals surface area contributed by atoms with Crippen LogP contribution >= 0.6 is 11.6 Å². The van der Waals surface area contributed by atoms with Crippen LogP contribution in [0.25, 0.3) is 0 Å². The zero-order valence-electron chi connectivity index (χ0n) is 13.0. The summed E-state index contributed by atoms with van der Waals surface area (Å²) in [7, 11) is 0. The van der Waals surface area contributed by atoms with E-state index in [2.05, 4.69) is 18.9 Å². The molecule has 0 amide bonds. The van der Waals surface area contributed by atoms with Gasteiger partial charge in [-0.2, -0.15) is 5.10 Å². The molecule has 0 bridgehead atoms. The van der Waals surface area contributed by atoms with Crippen molar-refractivity contribution in [2.75, 3.05) is 0 Å². The normalized spacial score (nSPS) is 21.4. The van der Waals surface area contributed by atoms with Gasteiger partial charge >= 0.3 is 0 Å². The minimum atomic E-state index is 0.133. The minimum absolute atomic E-state index is 0.133. The van der Waals surface area contributed by atoms with Crippen LogP contribution in [0.5, 0.6) is 0 Å². The van der Waals surface area contributed by atoms with Gasteiger partial charge in [-0.25, -0.2) is 0 Å². The van der Waals surface area contributed by atoms with Gasteiger partial charge < -0.3 is 0 Å². The van der Waals surface area contributed by atoms with E-state index in [-0.39, 0.29) is 11.3 Å². The molecular formula is C16H25ClN2O. The van der Waals surface area contributed by atoms with E-state index in [4.69, 9.17) is 11.6 Å². The number of halogens is 1. The van der Waals surface area contributed by atoms with Crippen molar-refractivity contribution in [3.8, 4) is 0 Å². The number of carbonyl (C=O) groups excluding carboxylic acids is 1. The maximum atomic E-state index is 12.6. The molecule has 4 heteroatoms. The van der Waals surface area contributed by atoms with Gasteiger partial charge in [-0.05, 0) is 31.6 Å². The highest BCUT2D eigenvalue weighted by Crippen LogP contribution is 2.43. The Morgan fingerprint density at radius 3 is 2.65 bits per heavy atom. The van der Waals surface area contributed by atoms with Gasteiger partial charge in [0, 0.05) is 12.5 Å². The second-order valence-corrected chi connectivity index (χ2v) is 6.83. The van der Waals surface area contributed by atoms with Crippen LogP contribution in [-0.4, -0.2) is 15.6 Å². The van der Waals surface area contributed by atoms with E-state index in [1.807, 2.05) is 18.5 Å². The number of aromatic nitrogens is 2. The molecule has 1 aromatic rings. The molecule has 1 aromatic heterocycles. The molecule has 1 aliphatic carbocycles. The smallest absolute Gasteiger partial charge is 0.142 e. The van der Waals surface area contributed by atoms with E-state index < -0.39 is 0 Å². The Labute approximate surface area is 126 Å². The molecule has 0 radical (unpaired) electrons.